The molecule has 0 N–H and O–H groups in total. The maximum atomic E-state index is 5.47. The molecule has 1 aliphatic heterocycles. The number of ether oxygens (including phenoxy) is 10. The first-order chi connectivity index (χ1) is 23.4. The van der Waals surface area contributed by atoms with Gasteiger partial charge in [0.1, 0.15) is 20.4 Å². The second kappa shape index (κ2) is 54.8. The van der Waals surface area contributed by atoms with Gasteiger partial charge in [0.05, 0.1) is 25.3 Å². The molecule has 1 rings (SSSR count). The monoisotopic (exact) mass is 798 g/mol. The minimum absolute atomic E-state index is 0.0410. The van der Waals surface area contributed by atoms with Crippen molar-refractivity contribution in [3.63, 3.8) is 0 Å². The highest BCUT2D eigenvalue weighted by atomic mass is 32.2. The lowest BCUT2D eigenvalue weighted by Gasteiger charge is -2.22. The SMILES string of the molecule is CCSC(C)OC[SiH2]C.COCCOCOC[SiH2]C.COCOCC(C)C[SiH2]C.COCOCCC[SiH2]C.C[SiH2]COC1CCCCO1. The van der Waals surface area contributed by atoms with E-state index in [0.717, 1.165) is 56.6 Å². The minimum atomic E-state index is 0.0410. The van der Waals surface area contributed by atoms with Crippen molar-refractivity contribution in [1.29, 1.82) is 0 Å². The summed E-state index contributed by atoms with van der Waals surface area (Å²) in [6.07, 6.45) is 7.87. The first-order valence-electron chi connectivity index (χ1n) is 18.6. The van der Waals surface area contributed by atoms with E-state index in [9.17, 15) is 0 Å². The first-order valence-corrected chi connectivity index (χ1v) is 31.7. The third kappa shape index (κ3) is 59.2. The highest BCUT2D eigenvalue weighted by Gasteiger charge is 2.12. The summed E-state index contributed by atoms with van der Waals surface area (Å²) < 4.78 is 51.0. The van der Waals surface area contributed by atoms with Crippen LogP contribution in [-0.4, -0.2) is 159 Å². The Morgan fingerprint density at radius 3 is 1.92 bits per heavy atom. The van der Waals surface area contributed by atoms with Crippen LogP contribution in [0.15, 0.2) is 0 Å². The fraction of sp³-hybridized carbons (Fsp3) is 1.00. The van der Waals surface area contributed by atoms with Gasteiger partial charge in [-0.05, 0) is 44.3 Å². The summed E-state index contributed by atoms with van der Waals surface area (Å²) in [7, 11) is 5.65. The van der Waals surface area contributed by atoms with Crippen LogP contribution >= 0.6 is 11.8 Å². The highest BCUT2D eigenvalue weighted by molar-refractivity contribution is 7.99. The highest BCUT2D eigenvalue weighted by Crippen LogP contribution is 2.13. The van der Waals surface area contributed by atoms with Crippen LogP contribution in [0.3, 0.4) is 0 Å². The molecule has 0 aromatic carbocycles. The van der Waals surface area contributed by atoms with Crippen molar-refractivity contribution in [2.45, 2.75) is 103 Å². The molecule has 0 saturated carbocycles. The molecule has 0 aliphatic carbocycles. The minimum Gasteiger partial charge on any atom is -0.382 e. The van der Waals surface area contributed by atoms with Gasteiger partial charge in [0, 0.05) is 101 Å². The molecule has 1 heterocycles. The van der Waals surface area contributed by atoms with Crippen LogP contribution in [0.5, 0.6) is 0 Å². The molecular formula is C32H82O10SSi5. The van der Waals surface area contributed by atoms with Crippen LogP contribution < -0.4 is 0 Å². The molecule has 0 amide bonds. The summed E-state index contributed by atoms with van der Waals surface area (Å²) >= 11 is 1.87. The zero-order valence-electron chi connectivity index (χ0n) is 33.5. The van der Waals surface area contributed by atoms with Gasteiger partial charge in [-0.3, -0.25) is 0 Å². The fourth-order valence-electron chi connectivity index (χ4n) is 3.63. The van der Waals surface area contributed by atoms with Gasteiger partial charge in [-0.2, -0.15) is 0 Å². The average Bonchev–Trinajstić information content (AvgIpc) is 3.10. The molecule has 3 unspecified atom stereocenters. The number of thioether (sulfide) groups is 1. The van der Waals surface area contributed by atoms with Crippen LogP contribution in [0, 0.1) is 5.92 Å². The quantitative estimate of drug-likeness (QED) is 0.0698. The van der Waals surface area contributed by atoms with E-state index < -0.39 is 0 Å². The van der Waals surface area contributed by atoms with E-state index in [1.807, 2.05) is 11.8 Å². The molecule has 48 heavy (non-hydrogen) atoms. The van der Waals surface area contributed by atoms with Gasteiger partial charge in [0.25, 0.3) is 0 Å². The number of methoxy groups -OCH3 is 3. The molecule has 1 aliphatic rings. The standard InChI is InChI=1S/C7H16O2Si.C7H18O2Si.C6H16O3Si.C6H16O2Si.C6H16OSSi/c1-10-6-9-7-4-2-3-5-8-7;1-7(5-10-3)4-9-6-8-2;1-7-3-4-8-5-9-6-10-2;1-7-6-8-4-3-5-9-2;1-4-8-6(2)7-5-9-3/h7H,2-6,10H2,1H3;7H,4-6,10H2,1-3H3;3-6,10H2,1-2H3;3-6,9H2,1-2H3;6H,4-5,9H2,1-3H3. The second-order valence-electron chi connectivity index (χ2n) is 11.2. The Morgan fingerprint density at radius 2 is 1.38 bits per heavy atom. The summed E-state index contributed by atoms with van der Waals surface area (Å²) in [5.41, 5.74) is 0.419. The Hall–Kier alpha value is 1.03. The van der Waals surface area contributed by atoms with E-state index in [1.54, 1.807) is 21.3 Å². The zero-order valence-corrected chi connectivity index (χ0v) is 41.4. The summed E-state index contributed by atoms with van der Waals surface area (Å²) in [5, 5.41) is 0. The summed E-state index contributed by atoms with van der Waals surface area (Å²) in [4.78, 5) is 0. The Kier molecular flexibility index (Phi) is 63.7. The van der Waals surface area contributed by atoms with E-state index in [4.69, 9.17) is 47.4 Å². The van der Waals surface area contributed by atoms with Crippen LogP contribution in [0.2, 0.25) is 44.8 Å². The maximum absolute atomic E-state index is 5.47. The van der Waals surface area contributed by atoms with Gasteiger partial charge in [-0.25, -0.2) is 0 Å². The number of hydrogen-bond donors (Lipinski definition) is 0. The van der Waals surface area contributed by atoms with Gasteiger partial charge in [-0.15, -0.1) is 11.8 Å². The molecule has 16 heteroatoms. The van der Waals surface area contributed by atoms with Crippen molar-refractivity contribution in [2.75, 3.05) is 99.2 Å². The molecule has 3 atom stereocenters. The average molecular weight is 799 g/mol. The lowest BCUT2D eigenvalue weighted by atomic mass is 10.2. The Labute approximate surface area is 313 Å². The Balaban J connectivity index is -0.000000252. The first kappa shape index (κ1) is 55.8. The van der Waals surface area contributed by atoms with Gasteiger partial charge in [-0.1, -0.05) is 58.7 Å². The summed E-state index contributed by atoms with van der Waals surface area (Å²) in [6, 6.07) is 2.77. The molecule has 1 saturated heterocycles. The topological polar surface area (TPSA) is 92.3 Å². The van der Waals surface area contributed by atoms with E-state index in [-0.39, 0.29) is 53.9 Å². The van der Waals surface area contributed by atoms with Gasteiger partial charge in [0.15, 0.2) is 6.29 Å². The van der Waals surface area contributed by atoms with Crippen molar-refractivity contribution >= 4 is 59.4 Å². The second-order valence-corrected chi connectivity index (χ2v) is 20.3. The predicted molar refractivity (Wildman–Crippen MR) is 223 cm³/mol. The van der Waals surface area contributed by atoms with Crippen molar-refractivity contribution in [2.24, 2.45) is 5.92 Å². The Morgan fingerprint density at radius 1 is 0.708 bits per heavy atom. The van der Waals surface area contributed by atoms with Gasteiger partial charge < -0.3 is 47.4 Å². The normalized spacial score (nSPS) is 16.2. The van der Waals surface area contributed by atoms with Crippen LogP contribution in [-0.2, 0) is 47.4 Å². The predicted octanol–water partition coefficient (Wildman–Crippen LogP) is 3.29. The van der Waals surface area contributed by atoms with E-state index in [2.05, 4.69) is 53.5 Å². The number of hydrogen-bond acceptors (Lipinski definition) is 11. The largest absolute Gasteiger partial charge is 0.382 e. The van der Waals surface area contributed by atoms with E-state index >= 15 is 0 Å². The summed E-state index contributed by atoms with van der Waals surface area (Å²) in [6.45, 7) is 23.1. The van der Waals surface area contributed by atoms with Gasteiger partial charge in [0.2, 0.25) is 0 Å². The van der Waals surface area contributed by atoms with Crippen LogP contribution in [0.1, 0.15) is 46.5 Å². The molecule has 0 spiro atoms. The molecule has 0 aromatic heterocycles. The molecule has 10 nitrogen and oxygen atoms in total. The van der Waals surface area contributed by atoms with Crippen molar-refractivity contribution in [1.82, 2.24) is 0 Å². The lowest BCUT2D eigenvalue weighted by molar-refractivity contribution is -0.151. The van der Waals surface area contributed by atoms with Crippen molar-refractivity contribution in [3.8, 4) is 0 Å². The maximum Gasteiger partial charge on any atom is 0.157 e. The molecule has 0 bridgehead atoms. The van der Waals surface area contributed by atoms with Crippen LogP contribution in [0.25, 0.3) is 0 Å². The van der Waals surface area contributed by atoms with E-state index in [1.165, 1.54) is 31.4 Å². The van der Waals surface area contributed by atoms with E-state index in [0.29, 0.717) is 39.0 Å². The summed E-state index contributed by atoms with van der Waals surface area (Å²) in [5.74, 6) is 1.89. The third-order valence-corrected chi connectivity index (χ3v) is 11.7. The molecule has 0 aromatic rings. The lowest BCUT2D eigenvalue weighted by Crippen LogP contribution is -2.23. The molecular weight excluding hydrogens is 717 g/mol. The van der Waals surface area contributed by atoms with Gasteiger partial charge >= 0.3 is 0 Å². The van der Waals surface area contributed by atoms with Crippen LogP contribution in [0.4, 0.5) is 0 Å². The third-order valence-electron chi connectivity index (χ3n) is 6.03. The molecule has 296 valence electrons. The molecule has 1 fully saturated rings. The Bertz CT molecular complexity index is 510. The molecule has 0 radical (unpaired) electrons. The fourth-order valence-corrected chi connectivity index (χ4v) is 7.81. The number of rotatable bonds is 27. The van der Waals surface area contributed by atoms with Crippen molar-refractivity contribution in [3.05, 3.63) is 0 Å². The van der Waals surface area contributed by atoms with Crippen molar-refractivity contribution < 1.29 is 47.4 Å². The smallest absolute Gasteiger partial charge is 0.157 e. The zero-order chi connectivity index (χ0) is 36.8.